The average Bonchev–Trinajstić information content (AvgIpc) is 4.02. The Morgan fingerprint density at radius 2 is 1.51 bits per heavy atom. The van der Waals surface area contributed by atoms with Crippen LogP contribution in [-0.4, -0.2) is 53.7 Å². The first-order valence-electron chi connectivity index (χ1n) is 23.1. The second kappa shape index (κ2) is 21.2. The summed E-state index contributed by atoms with van der Waals surface area (Å²) in [6.07, 6.45) is 24.7. The first-order chi connectivity index (χ1) is 31.1. The lowest BCUT2D eigenvalue weighted by Gasteiger charge is -2.19. The molecule has 3 atom stereocenters. The highest BCUT2D eigenvalue weighted by molar-refractivity contribution is 6.42. The lowest BCUT2D eigenvalue weighted by molar-refractivity contribution is -0.146. The van der Waals surface area contributed by atoms with Crippen molar-refractivity contribution in [1.82, 2.24) is 5.32 Å². The highest BCUT2D eigenvalue weighted by Gasteiger charge is 2.51. The smallest absolute Gasteiger partial charge is 0.321 e. The number of hydrogen-bond acceptors (Lipinski definition) is 10. The standard InChI is InChI=1S/C55H66N4O6/c1-12-38-35(8)42-27-43-36(9)40(23-24-48(61)65-26-25-34(7)22-16-21-33(6)20-15-19-32(5)18-14-17-31(3)4)52(58-43)50-51(55(63)64-11)54(62)49-37(10)44(59-53(49)50)28-46-39(13-2)41(30-60)47(57-46)29-45(38)56-42/h12,17,19,21,25,27-30,36,40,51,58,60H,1,13-16,18,20,22-24,26H2,2-11H3/b32-19+,33-21+,34-25+,41-30?,43-27?,44-28?,45-29?,52-50?/t36-,40-,51+/m0/s1. The summed E-state index contributed by atoms with van der Waals surface area (Å²) in [4.78, 5) is 56.4. The molecule has 10 nitrogen and oxygen atoms in total. The van der Waals surface area contributed by atoms with Crippen molar-refractivity contribution in [2.24, 2.45) is 32.7 Å². The number of allylic oxidation sites excluding steroid dienone is 18. The second-order valence-corrected chi connectivity index (χ2v) is 18.1. The lowest BCUT2D eigenvalue weighted by Crippen LogP contribution is -2.26. The number of aliphatic hydroxyl groups is 1. The van der Waals surface area contributed by atoms with Gasteiger partial charge >= 0.3 is 11.9 Å². The first kappa shape index (κ1) is 48.3. The Kier molecular flexibility index (Phi) is 15.8. The van der Waals surface area contributed by atoms with Crippen LogP contribution in [0.4, 0.5) is 0 Å². The molecular formula is C55H66N4O6. The van der Waals surface area contributed by atoms with E-state index in [1.54, 1.807) is 6.08 Å². The van der Waals surface area contributed by atoms with Crippen LogP contribution in [0.15, 0.2) is 166 Å². The van der Waals surface area contributed by atoms with Gasteiger partial charge in [0.1, 0.15) is 12.5 Å². The average molecular weight is 879 g/mol. The summed E-state index contributed by atoms with van der Waals surface area (Å²) in [5, 5.41) is 14.1. The van der Waals surface area contributed by atoms with Gasteiger partial charge in [-0.3, -0.25) is 14.4 Å². The van der Waals surface area contributed by atoms with E-state index in [0.29, 0.717) is 75.1 Å². The van der Waals surface area contributed by atoms with Gasteiger partial charge in [0.25, 0.3) is 0 Å². The Morgan fingerprint density at radius 3 is 2.12 bits per heavy atom. The largest absolute Gasteiger partial charge is 0.515 e. The van der Waals surface area contributed by atoms with Crippen LogP contribution >= 0.6 is 0 Å². The van der Waals surface area contributed by atoms with E-state index in [1.807, 2.05) is 45.1 Å². The molecule has 1 saturated heterocycles. The summed E-state index contributed by atoms with van der Waals surface area (Å²) < 4.78 is 11.0. The van der Waals surface area contributed by atoms with Crippen molar-refractivity contribution < 1.29 is 29.0 Å². The summed E-state index contributed by atoms with van der Waals surface area (Å²) in [7, 11) is 1.28. The zero-order valence-electron chi connectivity index (χ0n) is 40.0. The number of nitrogens with one attached hydrogen (secondary N) is 1. The number of methoxy groups -OCH3 is 1. The number of Topliss-reactive ketones (excluding diaryl/α,β-unsaturated/α-hetero) is 1. The van der Waals surface area contributed by atoms with Crippen molar-refractivity contribution in [3.63, 3.8) is 0 Å². The Morgan fingerprint density at radius 1 is 0.846 bits per heavy atom. The number of ether oxygens (including phenoxy) is 2. The van der Waals surface area contributed by atoms with Crippen LogP contribution < -0.4 is 5.32 Å². The van der Waals surface area contributed by atoms with Crippen molar-refractivity contribution in [2.45, 2.75) is 120 Å². The molecule has 1 saturated carbocycles. The number of esters is 2. The molecule has 2 N–H and O–H groups in total. The SMILES string of the molecule is C=CC1=C(C)C2=NC1=CC1=NC(=C(CC)C1=CO)C=C1N=C3C(=C1C)C(=O)[C@H](C(=O)OC)C3=C1NC(=C2)[C@@H](C)[C@@H]1CCC(=O)OC/C=C(\C)CC/C=C(\C)CC/C=C(\C)CCC=C(C)C. The molecule has 6 rings (SSSR count). The van der Waals surface area contributed by atoms with Crippen LogP contribution in [-0.2, 0) is 23.9 Å². The quantitative estimate of drug-likeness (QED) is 0.0642. The van der Waals surface area contributed by atoms with E-state index < -0.39 is 11.9 Å². The number of rotatable bonds is 17. The summed E-state index contributed by atoms with van der Waals surface area (Å²) in [5.74, 6) is -3.11. The molecule has 6 aliphatic rings. The van der Waals surface area contributed by atoms with Crippen LogP contribution in [0.25, 0.3) is 0 Å². The van der Waals surface area contributed by atoms with Crippen LogP contribution in [0, 0.1) is 17.8 Å². The predicted octanol–water partition coefficient (Wildman–Crippen LogP) is 11.9. The van der Waals surface area contributed by atoms with Gasteiger partial charge in [0.2, 0.25) is 0 Å². The number of ketones is 1. The Hall–Kier alpha value is -6.16. The minimum atomic E-state index is -1.24. The molecule has 5 aliphatic heterocycles. The number of aliphatic hydroxyl groups excluding tert-OH is 1. The maximum Gasteiger partial charge on any atom is 0.321 e. The second-order valence-electron chi connectivity index (χ2n) is 18.1. The number of carbonyl (C=O) groups excluding carboxylic acids is 3. The van der Waals surface area contributed by atoms with Gasteiger partial charge in [-0.1, -0.05) is 67.0 Å². The minimum Gasteiger partial charge on any atom is -0.515 e. The maximum atomic E-state index is 14.4. The first-order valence-corrected chi connectivity index (χ1v) is 23.1. The van der Waals surface area contributed by atoms with E-state index in [9.17, 15) is 19.5 Å². The molecule has 5 heterocycles. The van der Waals surface area contributed by atoms with Gasteiger partial charge in [0, 0.05) is 51.9 Å². The summed E-state index contributed by atoms with van der Waals surface area (Å²) >= 11 is 0. The van der Waals surface area contributed by atoms with Gasteiger partial charge < -0.3 is 19.9 Å². The topological polar surface area (TPSA) is 139 Å². The molecule has 0 aromatic rings. The highest BCUT2D eigenvalue weighted by atomic mass is 16.5. The molecule has 0 aromatic carbocycles. The summed E-state index contributed by atoms with van der Waals surface area (Å²) in [6, 6.07) is 0. The van der Waals surface area contributed by atoms with Gasteiger partial charge in [-0.25, -0.2) is 15.0 Å². The molecule has 0 amide bonds. The van der Waals surface area contributed by atoms with Crippen molar-refractivity contribution in [3.8, 4) is 0 Å². The van der Waals surface area contributed by atoms with Crippen molar-refractivity contribution in [3.05, 3.63) is 151 Å². The molecule has 1 aliphatic carbocycles. The fraction of sp³-hybridized carbons (Fsp3) is 0.418. The van der Waals surface area contributed by atoms with Gasteiger partial charge in [-0.15, -0.1) is 0 Å². The number of fused-ring (bicyclic) bond motifs is 5. The lowest BCUT2D eigenvalue weighted by atomic mass is 9.85. The molecule has 0 aromatic heterocycles. The van der Waals surface area contributed by atoms with E-state index in [4.69, 9.17) is 24.5 Å². The maximum absolute atomic E-state index is 14.4. The molecule has 342 valence electrons. The van der Waals surface area contributed by atoms with E-state index in [0.717, 1.165) is 72.8 Å². The van der Waals surface area contributed by atoms with Gasteiger partial charge in [0.05, 0.1) is 47.6 Å². The van der Waals surface area contributed by atoms with Gasteiger partial charge in [0.15, 0.2) is 5.78 Å². The zero-order valence-corrected chi connectivity index (χ0v) is 40.0. The fourth-order valence-electron chi connectivity index (χ4n) is 9.32. The molecule has 2 fully saturated rings. The van der Waals surface area contributed by atoms with E-state index >= 15 is 0 Å². The van der Waals surface area contributed by atoms with Crippen molar-refractivity contribution in [1.29, 1.82) is 0 Å². The molecular weight excluding hydrogens is 813 g/mol. The molecule has 65 heavy (non-hydrogen) atoms. The molecule has 10 heteroatoms. The molecule has 0 unspecified atom stereocenters. The number of aliphatic imine (C=N–C) groups is 3. The third-order valence-electron chi connectivity index (χ3n) is 13.2. The van der Waals surface area contributed by atoms with Crippen LogP contribution in [0.2, 0.25) is 0 Å². The zero-order chi connectivity index (χ0) is 47.1. The number of carbonyl (C=O) groups is 3. The van der Waals surface area contributed by atoms with Gasteiger partial charge in [-0.2, -0.15) is 0 Å². The predicted molar refractivity (Wildman–Crippen MR) is 262 cm³/mol. The minimum absolute atomic E-state index is 0.122. The monoisotopic (exact) mass is 878 g/mol. The molecule has 0 spiro atoms. The van der Waals surface area contributed by atoms with Crippen molar-refractivity contribution in [2.75, 3.05) is 13.7 Å². The van der Waals surface area contributed by atoms with Crippen LogP contribution in [0.5, 0.6) is 0 Å². The van der Waals surface area contributed by atoms with Crippen LogP contribution in [0.3, 0.4) is 0 Å². The van der Waals surface area contributed by atoms with E-state index in [2.05, 4.69) is 71.7 Å². The number of nitrogens with zero attached hydrogens (tertiary/aromatic N) is 3. The fourth-order valence-corrected chi connectivity index (χ4v) is 9.32. The van der Waals surface area contributed by atoms with E-state index in [-0.39, 0.29) is 36.6 Å². The third kappa shape index (κ3) is 10.5. The number of hydrogen-bond donors (Lipinski definition) is 2. The Balaban J connectivity index is 1.25. The Labute approximate surface area is 385 Å². The van der Waals surface area contributed by atoms with E-state index in [1.165, 1.54) is 23.8 Å². The van der Waals surface area contributed by atoms with Gasteiger partial charge in [-0.05, 0) is 141 Å². The van der Waals surface area contributed by atoms with Crippen molar-refractivity contribution >= 4 is 34.9 Å². The third-order valence-corrected chi connectivity index (χ3v) is 13.2. The molecule has 8 bridgehead atoms. The molecule has 0 radical (unpaired) electrons. The normalized spacial score (nSPS) is 22.6. The summed E-state index contributed by atoms with van der Waals surface area (Å²) in [6.45, 7) is 22.9. The van der Waals surface area contributed by atoms with Crippen LogP contribution in [0.1, 0.15) is 120 Å². The summed E-state index contributed by atoms with van der Waals surface area (Å²) in [5.41, 5.74) is 14.9. The Bertz CT molecular complexity index is 2540. The highest BCUT2D eigenvalue weighted by Crippen LogP contribution is 2.47.